The normalized spacial score (nSPS) is 10.1. The summed E-state index contributed by atoms with van der Waals surface area (Å²) in [6, 6.07) is 3.46. The molecule has 1 aromatic rings. The van der Waals surface area contributed by atoms with Crippen molar-refractivity contribution in [1.82, 2.24) is 5.32 Å². The van der Waals surface area contributed by atoms with Gasteiger partial charge in [0.05, 0.1) is 5.69 Å². The number of urea groups is 1. The average Bonchev–Trinajstić information content (AvgIpc) is 2.19. The fourth-order valence-electron chi connectivity index (χ4n) is 1.25. The summed E-state index contributed by atoms with van der Waals surface area (Å²) in [6.07, 6.45) is 0. The first-order valence-electron chi connectivity index (χ1n) is 5.07. The Morgan fingerprint density at radius 2 is 2.12 bits per heavy atom. The Morgan fingerprint density at radius 3 is 2.65 bits per heavy atom. The molecule has 0 spiro atoms. The summed E-state index contributed by atoms with van der Waals surface area (Å²) in [5, 5.41) is 5.21. The van der Waals surface area contributed by atoms with Gasteiger partial charge >= 0.3 is 6.03 Å². The minimum Gasteiger partial charge on any atom is -0.389 e. The van der Waals surface area contributed by atoms with Gasteiger partial charge in [-0.2, -0.15) is 0 Å². The molecule has 0 aliphatic carbocycles. The number of thiocarbonyl (C=S) groups is 1. The van der Waals surface area contributed by atoms with Crippen LogP contribution in [0.2, 0.25) is 0 Å². The molecule has 0 fully saturated rings. The number of nitrogens with one attached hydrogen (secondary N) is 2. The average molecular weight is 255 g/mol. The fourth-order valence-corrected chi connectivity index (χ4v) is 1.42. The van der Waals surface area contributed by atoms with E-state index in [1.54, 1.807) is 0 Å². The van der Waals surface area contributed by atoms with Crippen molar-refractivity contribution in [3.8, 4) is 0 Å². The van der Waals surface area contributed by atoms with Crippen molar-refractivity contribution in [3.63, 3.8) is 0 Å². The SMILES string of the molecule is CC(C)NC(=O)Nc1ccc(F)cc1C(N)=S. The van der Waals surface area contributed by atoms with Crippen LogP contribution in [0.5, 0.6) is 0 Å². The maximum Gasteiger partial charge on any atom is 0.319 e. The highest BCUT2D eigenvalue weighted by Crippen LogP contribution is 2.16. The number of benzene rings is 1. The second kappa shape index (κ2) is 5.58. The smallest absolute Gasteiger partial charge is 0.319 e. The van der Waals surface area contributed by atoms with Crippen LogP contribution in [-0.4, -0.2) is 17.1 Å². The molecule has 1 rings (SSSR count). The highest BCUT2D eigenvalue weighted by molar-refractivity contribution is 7.80. The molecule has 4 N–H and O–H groups in total. The Bertz CT molecular complexity index is 448. The maximum absolute atomic E-state index is 13.0. The molecule has 0 aliphatic heterocycles. The van der Waals surface area contributed by atoms with Crippen molar-refractivity contribution in [2.45, 2.75) is 19.9 Å². The summed E-state index contributed by atoms with van der Waals surface area (Å²) in [6.45, 7) is 3.66. The van der Waals surface area contributed by atoms with Crippen LogP contribution in [0, 0.1) is 5.82 Å². The maximum atomic E-state index is 13.0. The van der Waals surface area contributed by atoms with E-state index in [9.17, 15) is 9.18 Å². The summed E-state index contributed by atoms with van der Waals surface area (Å²) in [4.78, 5) is 11.5. The Balaban J connectivity index is 2.91. The third-order valence-electron chi connectivity index (χ3n) is 1.92. The van der Waals surface area contributed by atoms with Crippen LogP contribution in [0.15, 0.2) is 18.2 Å². The Labute approximate surface area is 104 Å². The van der Waals surface area contributed by atoms with Crippen LogP contribution < -0.4 is 16.4 Å². The molecule has 0 atom stereocenters. The van der Waals surface area contributed by atoms with Gasteiger partial charge in [0, 0.05) is 11.6 Å². The zero-order valence-electron chi connectivity index (χ0n) is 9.58. The quantitative estimate of drug-likeness (QED) is 0.724. The number of nitrogens with two attached hydrogens (primary N) is 1. The van der Waals surface area contributed by atoms with Crippen LogP contribution in [0.1, 0.15) is 19.4 Å². The minimum absolute atomic E-state index is 0.00345. The van der Waals surface area contributed by atoms with Crippen molar-refractivity contribution >= 4 is 28.9 Å². The van der Waals surface area contributed by atoms with E-state index < -0.39 is 5.82 Å². The molecule has 4 nitrogen and oxygen atoms in total. The van der Waals surface area contributed by atoms with Crippen molar-refractivity contribution in [3.05, 3.63) is 29.6 Å². The second-order valence-electron chi connectivity index (χ2n) is 3.81. The second-order valence-corrected chi connectivity index (χ2v) is 4.25. The van der Waals surface area contributed by atoms with Gasteiger partial charge in [0.1, 0.15) is 10.8 Å². The molecule has 6 heteroatoms. The van der Waals surface area contributed by atoms with Gasteiger partial charge in [-0.3, -0.25) is 0 Å². The van der Waals surface area contributed by atoms with Crippen LogP contribution in [-0.2, 0) is 0 Å². The molecule has 92 valence electrons. The number of anilines is 1. The number of halogens is 1. The molecule has 17 heavy (non-hydrogen) atoms. The number of amides is 2. The van der Waals surface area contributed by atoms with Gasteiger partial charge < -0.3 is 16.4 Å². The number of carbonyl (C=O) groups is 1. The van der Waals surface area contributed by atoms with Crippen molar-refractivity contribution in [1.29, 1.82) is 0 Å². The number of hydrogen-bond donors (Lipinski definition) is 3. The van der Waals surface area contributed by atoms with E-state index in [1.165, 1.54) is 18.2 Å². The standard InChI is InChI=1S/C11H14FN3OS/c1-6(2)14-11(16)15-9-4-3-7(12)5-8(9)10(13)17/h3-6H,1-2H3,(H2,13,17)(H2,14,15,16). The Hall–Kier alpha value is -1.69. The van der Waals surface area contributed by atoms with Crippen LogP contribution in [0.4, 0.5) is 14.9 Å². The van der Waals surface area contributed by atoms with Gasteiger partial charge in [-0.1, -0.05) is 12.2 Å². The molecule has 0 unspecified atom stereocenters. The highest BCUT2D eigenvalue weighted by atomic mass is 32.1. The van der Waals surface area contributed by atoms with E-state index in [1.807, 2.05) is 13.8 Å². The van der Waals surface area contributed by atoms with Gasteiger partial charge in [-0.25, -0.2) is 9.18 Å². The molecule has 2 amide bonds. The zero-order valence-corrected chi connectivity index (χ0v) is 10.4. The van der Waals surface area contributed by atoms with Gasteiger partial charge in [0.2, 0.25) is 0 Å². The van der Waals surface area contributed by atoms with Gasteiger partial charge in [-0.05, 0) is 32.0 Å². The first-order valence-corrected chi connectivity index (χ1v) is 5.48. The topological polar surface area (TPSA) is 67.2 Å². The first-order chi connectivity index (χ1) is 7.90. The molecule has 0 saturated carbocycles. The van der Waals surface area contributed by atoms with Crippen molar-refractivity contribution < 1.29 is 9.18 Å². The molecule has 0 aliphatic rings. The van der Waals surface area contributed by atoms with Crippen LogP contribution in [0.3, 0.4) is 0 Å². The van der Waals surface area contributed by atoms with E-state index >= 15 is 0 Å². The van der Waals surface area contributed by atoms with E-state index in [-0.39, 0.29) is 17.1 Å². The molecule has 1 aromatic carbocycles. The van der Waals surface area contributed by atoms with E-state index in [2.05, 4.69) is 10.6 Å². The largest absolute Gasteiger partial charge is 0.389 e. The molecule has 0 saturated heterocycles. The van der Waals surface area contributed by atoms with Gasteiger partial charge in [0.25, 0.3) is 0 Å². The third kappa shape index (κ3) is 3.99. The molecule has 0 bridgehead atoms. The third-order valence-corrected chi connectivity index (χ3v) is 2.13. The minimum atomic E-state index is -0.456. The Morgan fingerprint density at radius 1 is 1.47 bits per heavy atom. The fraction of sp³-hybridized carbons (Fsp3) is 0.273. The van der Waals surface area contributed by atoms with E-state index in [0.717, 1.165) is 0 Å². The van der Waals surface area contributed by atoms with Crippen LogP contribution >= 0.6 is 12.2 Å². The van der Waals surface area contributed by atoms with E-state index in [0.29, 0.717) is 11.3 Å². The van der Waals surface area contributed by atoms with Crippen LogP contribution in [0.25, 0.3) is 0 Å². The zero-order chi connectivity index (χ0) is 13.0. The summed E-state index contributed by atoms with van der Waals surface area (Å²) < 4.78 is 13.0. The van der Waals surface area contributed by atoms with Crippen molar-refractivity contribution in [2.75, 3.05) is 5.32 Å². The van der Waals surface area contributed by atoms with Gasteiger partial charge in [0.15, 0.2) is 0 Å². The summed E-state index contributed by atoms with van der Waals surface area (Å²) in [5.74, 6) is -0.456. The summed E-state index contributed by atoms with van der Waals surface area (Å²) in [7, 11) is 0. The van der Waals surface area contributed by atoms with Crippen molar-refractivity contribution in [2.24, 2.45) is 5.73 Å². The predicted molar refractivity (Wildman–Crippen MR) is 69.6 cm³/mol. The number of rotatable bonds is 3. The highest BCUT2D eigenvalue weighted by Gasteiger charge is 2.10. The summed E-state index contributed by atoms with van der Waals surface area (Å²) in [5.41, 5.74) is 6.14. The molecule has 0 aromatic heterocycles. The molecule has 0 radical (unpaired) electrons. The van der Waals surface area contributed by atoms with Gasteiger partial charge in [-0.15, -0.1) is 0 Å². The lowest BCUT2D eigenvalue weighted by molar-refractivity contribution is 0.250. The lowest BCUT2D eigenvalue weighted by Crippen LogP contribution is -2.34. The predicted octanol–water partition coefficient (Wildman–Crippen LogP) is 1.99. The molecular weight excluding hydrogens is 241 g/mol. The molecule has 0 heterocycles. The van der Waals surface area contributed by atoms with E-state index in [4.69, 9.17) is 18.0 Å². The Kier molecular flexibility index (Phi) is 4.39. The monoisotopic (exact) mass is 255 g/mol. The number of carbonyl (C=O) groups excluding carboxylic acids is 1. The lowest BCUT2D eigenvalue weighted by atomic mass is 10.1. The first kappa shape index (κ1) is 13.4. The summed E-state index contributed by atoms with van der Waals surface area (Å²) >= 11 is 4.79. The number of hydrogen-bond acceptors (Lipinski definition) is 2. The lowest BCUT2D eigenvalue weighted by Gasteiger charge is -2.13. The molecular formula is C11H14FN3OS.